The number of hydrogen-bond acceptors (Lipinski definition) is 6. The maximum Gasteiger partial charge on any atom is 0.267 e. The van der Waals surface area contributed by atoms with Crippen molar-refractivity contribution in [3.8, 4) is 5.75 Å². The minimum atomic E-state index is -3.71. The van der Waals surface area contributed by atoms with Gasteiger partial charge >= 0.3 is 0 Å². The number of aromatic nitrogens is 1. The van der Waals surface area contributed by atoms with E-state index >= 15 is 0 Å². The van der Waals surface area contributed by atoms with Crippen molar-refractivity contribution < 1.29 is 13.2 Å². The fraction of sp³-hybridized carbons (Fsp3) is 0.250. The molecule has 0 fully saturated rings. The molecule has 1 aromatic carbocycles. The third-order valence-corrected chi connectivity index (χ3v) is 4.75. The third-order valence-electron chi connectivity index (χ3n) is 2.55. The maximum atomic E-state index is 12.3. The van der Waals surface area contributed by atoms with Crippen LogP contribution in [0.25, 0.3) is 0 Å². The molecule has 0 spiro atoms. The summed E-state index contributed by atoms with van der Waals surface area (Å²) < 4.78 is 32.2. The second-order valence-electron chi connectivity index (χ2n) is 3.96. The van der Waals surface area contributed by atoms with Gasteiger partial charge in [0, 0.05) is 18.1 Å². The monoisotopic (exact) mass is 313 g/mol. The molecule has 8 heteroatoms. The number of anilines is 1. The second-order valence-corrected chi connectivity index (χ2v) is 6.50. The van der Waals surface area contributed by atoms with Gasteiger partial charge in [-0.1, -0.05) is 6.07 Å². The molecule has 0 unspecified atom stereocenters. The molecule has 0 saturated heterocycles. The Bertz CT molecular complexity index is 669. The number of sulfonamides is 1. The van der Waals surface area contributed by atoms with Crippen LogP contribution in [0.2, 0.25) is 0 Å². The predicted molar refractivity (Wildman–Crippen MR) is 78.7 cm³/mol. The summed E-state index contributed by atoms with van der Waals surface area (Å²) in [6.45, 7) is 0.636. The summed E-state index contributed by atoms with van der Waals surface area (Å²) in [7, 11) is -0.439. The van der Waals surface area contributed by atoms with E-state index in [1.807, 2.05) is 7.05 Å². The van der Waals surface area contributed by atoms with Gasteiger partial charge in [0.15, 0.2) is 5.13 Å². The van der Waals surface area contributed by atoms with E-state index in [9.17, 15) is 8.42 Å². The first-order valence-electron chi connectivity index (χ1n) is 5.80. The summed E-state index contributed by atoms with van der Waals surface area (Å²) in [5.74, 6) is 0.307. The minimum Gasteiger partial charge on any atom is -0.495 e. The summed E-state index contributed by atoms with van der Waals surface area (Å²) in [5, 5.41) is 5.03. The zero-order valence-electron chi connectivity index (χ0n) is 11.1. The van der Waals surface area contributed by atoms with Gasteiger partial charge in [0.25, 0.3) is 10.0 Å². The number of ether oxygens (including phenoxy) is 1. The average molecular weight is 313 g/mol. The van der Waals surface area contributed by atoms with Crippen LogP contribution < -0.4 is 14.8 Å². The minimum absolute atomic E-state index is 0.0926. The lowest BCUT2D eigenvalue weighted by molar-refractivity contribution is 0.402. The lowest BCUT2D eigenvalue weighted by atomic mass is 10.2. The highest BCUT2D eigenvalue weighted by molar-refractivity contribution is 7.93. The van der Waals surface area contributed by atoms with Gasteiger partial charge in [-0.15, -0.1) is 11.3 Å². The number of benzene rings is 1. The van der Waals surface area contributed by atoms with Gasteiger partial charge in [-0.3, -0.25) is 4.72 Å². The van der Waals surface area contributed by atoms with Gasteiger partial charge in [-0.2, -0.15) is 0 Å². The van der Waals surface area contributed by atoms with E-state index in [1.54, 1.807) is 17.5 Å². The zero-order chi connectivity index (χ0) is 14.6. The van der Waals surface area contributed by atoms with E-state index in [4.69, 9.17) is 4.74 Å². The summed E-state index contributed by atoms with van der Waals surface area (Å²) in [5.41, 5.74) is 0.942. The fourth-order valence-corrected chi connectivity index (χ4v) is 3.63. The number of nitrogens with zero attached hydrogens (tertiary/aromatic N) is 1. The Balaban J connectivity index is 2.35. The van der Waals surface area contributed by atoms with Crippen LogP contribution in [0.3, 0.4) is 0 Å². The van der Waals surface area contributed by atoms with Crippen LogP contribution in [0.4, 0.5) is 5.13 Å². The molecule has 0 aliphatic rings. The zero-order valence-corrected chi connectivity index (χ0v) is 12.7. The molecule has 1 aromatic heterocycles. The van der Waals surface area contributed by atoms with E-state index in [2.05, 4.69) is 15.0 Å². The van der Waals surface area contributed by atoms with E-state index in [0.717, 1.165) is 5.56 Å². The average Bonchev–Trinajstić information content (AvgIpc) is 2.91. The Morgan fingerprint density at radius 1 is 1.40 bits per heavy atom. The van der Waals surface area contributed by atoms with Gasteiger partial charge in [-0.05, 0) is 24.7 Å². The lowest BCUT2D eigenvalue weighted by Gasteiger charge is -2.11. The first-order valence-corrected chi connectivity index (χ1v) is 8.17. The molecule has 0 aliphatic heterocycles. The van der Waals surface area contributed by atoms with Crippen molar-refractivity contribution in [1.29, 1.82) is 0 Å². The number of thiazole rings is 1. The second kappa shape index (κ2) is 6.21. The molecule has 108 valence electrons. The number of methoxy groups -OCH3 is 1. The van der Waals surface area contributed by atoms with Gasteiger partial charge in [0.05, 0.1) is 7.11 Å². The summed E-state index contributed by atoms with van der Waals surface area (Å²) >= 11 is 1.22. The fourth-order valence-electron chi connectivity index (χ4n) is 1.69. The van der Waals surface area contributed by atoms with Crippen LogP contribution in [-0.4, -0.2) is 27.6 Å². The van der Waals surface area contributed by atoms with Gasteiger partial charge < -0.3 is 10.1 Å². The van der Waals surface area contributed by atoms with E-state index in [0.29, 0.717) is 17.4 Å². The standard InChI is InChI=1S/C12H15N3O3S2/c1-13-8-9-3-4-11(10(7-9)18-2)20(16,17)15-12-14-5-6-19-12/h3-7,13H,8H2,1-2H3,(H,14,15). The summed E-state index contributed by atoms with van der Waals surface area (Å²) in [6.07, 6.45) is 1.54. The molecule has 0 aliphatic carbocycles. The van der Waals surface area contributed by atoms with Crippen molar-refractivity contribution in [2.45, 2.75) is 11.4 Å². The Kier molecular flexibility index (Phi) is 4.58. The molecule has 0 saturated carbocycles. The predicted octanol–water partition coefficient (Wildman–Crippen LogP) is 1.67. The highest BCUT2D eigenvalue weighted by Gasteiger charge is 2.20. The number of nitrogens with one attached hydrogen (secondary N) is 2. The van der Waals surface area contributed by atoms with Crippen molar-refractivity contribution in [3.63, 3.8) is 0 Å². The van der Waals surface area contributed by atoms with Crippen LogP contribution in [0.15, 0.2) is 34.7 Å². The Morgan fingerprint density at radius 3 is 2.80 bits per heavy atom. The van der Waals surface area contributed by atoms with Crippen LogP contribution in [-0.2, 0) is 16.6 Å². The van der Waals surface area contributed by atoms with E-state index in [-0.39, 0.29) is 4.90 Å². The quantitative estimate of drug-likeness (QED) is 0.848. The Morgan fingerprint density at radius 2 is 2.20 bits per heavy atom. The van der Waals surface area contributed by atoms with Crippen molar-refractivity contribution in [1.82, 2.24) is 10.3 Å². The highest BCUT2D eigenvalue weighted by Crippen LogP contribution is 2.27. The molecular formula is C12H15N3O3S2. The maximum absolute atomic E-state index is 12.3. The largest absolute Gasteiger partial charge is 0.495 e. The van der Waals surface area contributed by atoms with Gasteiger partial charge in [0.2, 0.25) is 0 Å². The number of hydrogen-bond donors (Lipinski definition) is 2. The molecule has 2 aromatic rings. The SMILES string of the molecule is CNCc1ccc(S(=O)(=O)Nc2nccs2)c(OC)c1. The van der Waals surface area contributed by atoms with E-state index in [1.165, 1.54) is 30.7 Å². The molecule has 20 heavy (non-hydrogen) atoms. The summed E-state index contributed by atoms with van der Waals surface area (Å²) in [4.78, 5) is 4.00. The van der Waals surface area contributed by atoms with Crippen molar-refractivity contribution >= 4 is 26.5 Å². The molecule has 0 radical (unpaired) electrons. The molecule has 0 atom stereocenters. The first-order chi connectivity index (χ1) is 9.56. The Hall–Kier alpha value is -1.64. The molecule has 0 amide bonds. The van der Waals surface area contributed by atoms with Crippen molar-refractivity contribution in [3.05, 3.63) is 35.3 Å². The smallest absolute Gasteiger partial charge is 0.267 e. The molecule has 1 heterocycles. The van der Waals surface area contributed by atoms with Gasteiger partial charge in [0.1, 0.15) is 10.6 Å². The molecule has 2 N–H and O–H groups in total. The molecular weight excluding hydrogens is 298 g/mol. The molecule has 2 rings (SSSR count). The normalized spacial score (nSPS) is 11.3. The van der Waals surface area contributed by atoms with Crippen molar-refractivity contribution in [2.24, 2.45) is 0 Å². The topological polar surface area (TPSA) is 80.3 Å². The molecule has 6 nitrogen and oxygen atoms in total. The van der Waals surface area contributed by atoms with Crippen LogP contribution in [0.5, 0.6) is 5.75 Å². The van der Waals surface area contributed by atoms with Crippen molar-refractivity contribution in [2.75, 3.05) is 18.9 Å². The third kappa shape index (κ3) is 3.27. The van der Waals surface area contributed by atoms with Crippen LogP contribution in [0, 0.1) is 0 Å². The highest BCUT2D eigenvalue weighted by atomic mass is 32.2. The van der Waals surface area contributed by atoms with Crippen LogP contribution >= 0.6 is 11.3 Å². The Labute approximate surface area is 121 Å². The van der Waals surface area contributed by atoms with E-state index < -0.39 is 10.0 Å². The van der Waals surface area contributed by atoms with Crippen LogP contribution in [0.1, 0.15) is 5.56 Å². The van der Waals surface area contributed by atoms with Gasteiger partial charge in [-0.25, -0.2) is 13.4 Å². The molecule has 0 bridgehead atoms. The lowest BCUT2D eigenvalue weighted by Crippen LogP contribution is -2.14. The first kappa shape index (κ1) is 14.8. The summed E-state index contributed by atoms with van der Waals surface area (Å²) in [6, 6.07) is 4.98. The number of rotatable bonds is 6.